The molecule has 0 fully saturated rings. The topological polar surface area (TPSA) is 82.2 Å². The predicted octanol–water partition coefficient (Wildman–Crippen LogP) is 1.32. The zero-order valence-corrected chi connectivity index (χ0v) is 12.4. The van der Waals surface area contributed by atoms with Crippen molar-refractivity contribution in [2.75, 3.05) is 25.5 Å². The number of aromatic nitrogens is 2. The molecule has 2 aromatic rings. The normalized spacial score (nSPS) is 10.4. The maximum atomic E-state index is 12.0. The number of nitrogens with zero attached hydrogens (tertiary/aromatic N) is 2. The molecule has 0 aliphatic heterocycles. The van der Waals surface area contributed by atoms with E-state index in [4.69, 9.17) is 22.1 Å². The minimum absolute atomic E-state index is 0.209. The summed E-state index contributed by atoms with van der Waals surface area (Å²) in [5, 5.41) is 7.73. The summed E-state index contributed by atoms with van der Waals surface area (Å²) in [5.74, 6) is 0.665. The van der Waals surface area contributed by atoms with Crippen LogP contribution in [0.2, 0.25) is 5.02 Å². The Bertz CT molecular complexity index is 672. The van der Waals surface area contributed by atoms with Gasteiger partial charge in [0.15, 0.2) is 0 Å². The monoisotopic (exact) mass is 308 g/mol. The Labute approximate surface area is 127 Å². The van der Waals surface area contributed by atoms with E-state index in [0.717, 1.165) is 5.56 Å². The lowest BCUT2D eigenvalue weighted by Gasteiger charge is -2.11. The summed E-state index contributed by atoms with van der Waals surface area (Å²) in [6, 6.07) is 6.74. The molecule has 2 rings (SSSR count). The molecular formula is C14H17ClN4O2. The number of benzene rings is 1. The number of anilines is 1. The van der Waals surface area contributed by atoms with Gasteiger partial charge in [0.05, 0.1) is 25.5 Å². The van der Waals surface area contributed by atoms with Gasteiger partial charge in [-0.05, 0) is 18.2 Å². The highest BCUT2D eigenvalue weighted by Gasteiger charge is 2.07. The molecule has 0 aliphatic rings. The lowest BCUT2D eigenvalue weighted by atomic mass is 10.2. The molecule has 0 saturated heterocycles. The zero-order chi connectivity index (χ0) is 15.2. The number of hydrogen-bond donors (Lipinski definition) is 2. The van der Waals surface area contributed by atoms with Gasteiger partial charge in [-0.2, -0.15) is 5.10 Å². The van der Waals surface area contributed by atoms with Crippen LogP contribution in [-0.2, 0) is 6.54 Å². The van der Waals surface area contributed by atoms with Crippen LogP contribution in [0.25, 0.3) is 0 Å². The lowest BCUT2D eigenvalue weighted by Crippen LogP contribution is -2.24. The Kier molecular flexibility index (Phi) is 5.19. The molecule has 1 aromatic carbocycles. The van der Waals surface area contributed by atoms with Crippen LogP contribution >= 0.6 is 11.6 Å². The standard InChI is InChI=1S/C14H17ClN4O2/c1-21-13-3-2-11(15)6-10(13)9-19-14(20)7-12(8-18-19)17-5-4-16/h2-3,6-8,17H,4-5,9,16H2,1H3. The van der Waals surface area contributed by atoms with Crippen LogP contribution in [0.4, 0.5) is 5.69 Å². The van der Waals surface area contributed by atoms with Gasteiger partial charge in [0.25, 0.3) is 5.56 Å². The van der Waals surface area contributed by atoms with Crippen LogP contribution in [0.3, 0.4) is 0 Å². The zero-order valence-electron chi connectivity index (χ0n) is 11.7. The van der Waals surface area contributed by atoms with Crippen molar-refractivity contribution in [2.24, 2.45) is 5.73 Å². The average molecular weight is 309 g/mol. The number of halogens is 1. The second-order valence-corrected chi connectivity index (χ2v) is 4.85. The third-order valence-electron chi connectivity index (χ3n) is 2.91. The molecule has 3 N–H and O–H groups in total. The van der Waals surface area contributed by atoms with E-state index in [1.165, 1.54) is 10.7 Å². The Balaban J connectivity index is 2.24. The highest BCUT2D eigenvalue weighted by molar-refractivity contribution is 6.30. The summed E-state index contributed by atoms with van der Waals surface area (Å²) >= 11 is 5.98. The quantitative estimate of drug-likeness (QED) is 0.841. The number of rotatable bonds is 6. The molecule has 0 bridgehead atoms. The van der Waals surface area contributed by atoms with Crippen molar-refractivity contribution >= 4 is 17.3 Å². The molecule has 0 unspecified atom stereocenters. The van der Waals surface area contributed by atoms with E-state index in [-0.39, 0.29) is 5.56 Å². The highest BCUT2D eigenvalue weighted by Crippen LogP contribution is 2.22. The van der Waals surface area contributed by atoms with Gasteiger partial charge in [-0.3, -0.25) is 4.79 Å². The molecule has 1 aromatic heterocycles. The van der Waals surface area contributed by atoms with E-state index in [0.29, 0.717) is 36.1 Å². The lowest BCUT2D eigenvalue weighted by molar-refractivity contribution is 0.407. The SMILES string of the molecule is COc1ccc(Cl)cc1Cn1ncc(NCCN)cc1=O. The maximum absolute atomic E-state index is 12.0. The van der Waals surface area contributed by atoms with Gasteiger partial charge < -0.3 is 15.8 Å². The van der Waals surface area contributed by atoms with E-state index in [2.05, 4.69) is 10.4 Å². The average Bonchev–Trinajstić information content (AvgIpc) is 2.48. The number of nitrogens with one attached hydrogen (secondary N) is 1. The van der Waals surface area contributed by atoms with Gasteiger partial charge in [-0.25, -0.2) is 4.68 Å². The summed E-state index contributed by atoms with van der Waals surface area (Å²) in [7, 11) is 1.57. The van der Waals surface area contributed by atoms with Gasteiger partial charge in [0.1, 0.15) is 5.75 Å². The van der Waals surface area contributed by atoms with Crippen molar-refractivity contribution in [3.8, 4) is 5.75 Å². The molecule has 0 spiro atoms. The third kappa shape index (κ3) is 3.96. The van der Waals surface area contributed by atoms with Crippen LogP contribution in [-0.4, -0.2) is 30.0 Å². The van der Waals surface area contributed by atoms with Gasteiger partial charge in [0.2, 0.25) is 0 Å². The van der Waals surface area contributed by atoms with Crippen LogP contribution in [0.15, 0.2) is 35.3 Å². The van der Waals surface area contributed by atoms with E-state index in [1.807, 2.05) is 0 Å². The van der Waals surface area contributed by atoms with Crippen molar-refractivity contribution in [3.05, 3.63) is 51.4 Å². The summed E-state index contributed by atoms with van der Waals surface area (Å²) in [6.07, 6.45) is 1.59. The van der Waals surface area contributed by atoms with E-state index < -0.39 is 0 Å². The van der Waals surface area contributed by atoms with Crippen molar-refractivity contribution < 1.29 is 4.74 Å². The van der Waals surface area contributed by atoms with Crippen LogP contribution in [0.1, 0.15) is 5.56 Å². The van der Waals surface area contributed by atoms with Gasteiger partial charge >= 0.3 is 0 Å². The van der Waals surface area contributed by atoms with Gasteiger partial charge in [-0.15, -0.1) is 0 Å². The van der Waals surface area contributed by atoms with E-state index in [1.54, 1.807) is 31.5 Å². The van der Waals surface area contributed by atoms with Crippen LogP contribution in [0, 0.1) is 0 Å². The summed E-state index contributed by atoms with van der Waals surface area (Å²) < 4.78 is 6.61. The maximum Gasteiger partial charge on any atom is 0.269 e. The molecular weight excluding hydrogens is 292 g/mol. The molecule has 7 heteroatoms. The first-order valence-electron chi connectivity index (χ1n) is 6.47. The number of ether oxygens (including phenoxy) is 1. The van der Waals surface area contributed by atoms with Crippen molar-refractivity contribution in [2.45, 2.75) is 6.54 Å². The second-order valence-electron chi connectivity index (χ2n) is 4.41. The fraction of sp³-hybridized carbons (Fsp3) is 0.286. The largest absolute Gasteiger partial charge is 0.496 e. The highest BCUT2D eigenvalue weighted by atomic mass is 35.5. The van der Waals surface area contributed by atoms with Gasteiger partial charge in [-0.1, -0.05) is 11.6 Å². The fourth-order valence-corrected chi connectivity index (χ4v) is 2.09. The molecule has 6 nitrogen and oxygen atoms in total. The predicted molar refractivity (Wildman–Crippen MR) is 83.1 cm³/mol. The first kappa shape index (κ1) is 15.3. The van der Waals surface area contributed by atoms with E-state index in [9.17, 15) is 4.79 Å². The van der Waals surface area contributed by atoms with Crippen LogP contribution in [0.5, 0.6) is 5.75 Å². The van der Waals surface area contributed by atoms with Gasteiger partial charge in [0, 0.05) is 29.7 Å². The van der Waals surface area contributed by atoms with Crippen molar-refractivity contribution in [1.29, 1.82) is 0 Å². The third-order valence-corrected chi connectivity index (χ3v) is 3.14. The molecule has 1 heterocycles. The number of methoxy groups -OCH3 is 1. The minimum atomic E-state index is -0.209. The second kappa shape index (κ2) is 7.10. The first-order chi connectivity index (χ1) is 10.1. The van der Waals surface area contributed by atoms with E-state index >= 15 is 0 Å². The molecule has 0 atom stereocenters. The molecule has 0 saturated carbocycles. The molecule has 21 heavy (non-hydrogen) atoms. The summed E-state index contributed by atoms with van der Waals surface area (Å²) in [4.78, 5) is 12.0. The Morgan fingerprint density at radius 3 is 2.90 bits per heavy atom. The molecule has 0 radical (unpaired) electrons. The first-order valence-corrected chi connectivity index (χ1v) is 6.85. The van der Waals surface area contributed by atoms with Crippen LogP contribution < -0.4 is 21.3 Å². The Morgan fingerprint density at radius 1 is 1.43 bits per heavy atom. The Morgan fingerprint density at radius 2 is 2.24 bits per heavy atom. The van der Waals surface area contributed by atoms with Crippen molar-refractivity contribution in [3.63, 3.8) is 0 Å². The Hall–Kier alpha value is -2.05. The molecule has 112 valence electrons. The molecule has 0 amide bonds. The summed E-state index contributed by atoms with van der Waals surface area (Å²) in [6.45, 7) is 1.37. The van der Waals surface area contributed by atoms with Crippen molar-refractivity contribution in [1.82, 2.24) is 9.78 Å². The minimum Gasteiger partial charge on any atom is -0.496 e. The number of nitrogens with two attached hydrogens (primary N) is 1. The number of hydrogen-bond acceptors (Lipinski definition) is 5. The molecule has 0 aliphatic carbocycles. The smallest absolute Gasteiger partial charge is 0.269 e. The summed E-state index contributed by atoms with van der Waals surface area (Å²) in [5.41, 5.74) is 6.64. The fourth-order valence-electron chi connectivity index (χ4n) is 1.90.